The molecule has 14 heavy (non-hydrogen) atoms. The van der Waals surface area contributed by atoms with E-state index in [1.54, 1.807) is 30.3 Å². The molecule has 1 aromatic rings. The van der Waals surface area contributed by atoms with Crippen molar-refractivity contribution in [3.8, 4) is 0 Å². The van der Waals surface area contributed by atoms with Gasteiger partial charge in [-0.2, -0.15) is 0 Å². The molecule has 76 valence electrons. The summed E-state index contributed by atoms with van der Waals surface area (Å²) in [6.45, 7) is -0.250. The maximum absolute atomic E-state index is 10.6. The highest BCUT2D eigenvalue weighted by molar-refractivity contribution is 6.33. The molecule has 0 radical (unpaired) electrons. The van der Waals surface area contributed by atoms with Crippen molar-refractivity contribution in [3.05, 3.63) is 35.9 Å². The lowest BCUT2D eigenvalue weighted by molar-refractivity contribution is -0.104. The second-order valence-corrected chi connectivity index (χ2v) is 2.30. The van der Waals surface area contributed by atoms with E-state index in [0.29, 0.717) is 11.8 Å². The Morgan fingerprint density at radius 2 is 1.64 bits per heavy atom. The van der Waals surface area contributed by atoms with E-state index in [2.05, 4.69) is 0 Å². The van der Waals surface area contributed by atoms with Gasteiger partial charge in [-0.25, -0.2) is 0 Å². The second-order valence-electron chi connectivity index (χ2n) is 2.30. The van der Waals surface area contributed by atoms with Crippen LogP contribution in [0.15, 0.2) is 30.3 Å². The Labute approximate surface area is 81.8 Å². The number of rotatable bonds is 3. The van der Waals surface area contributed by atoms with Crippen LogP contribution in [0.25, 0.3) is 0 Å². The Hall–Kier alpha value is -1.52. The van der Waals surface area contributed by atoms with Crippen LogP contribution in [-0.4, -0.2) is 35.5 Å². The Morgan fingerprint density at radius 1 is 1.14 bits per heavy atom. The van der Waals surface area contributed by atoms with Crippen molar-refractivity contribution in [1.29, 1.82) is 0 Å². The standard InChI is InChI=1S/C8H6O2.C2H6O2/c9-6-8(10)7-4-2-1-3-5-7;3-1-2-4/h1-6H;3-4H,1-2H2. The smallest absolute Gasteiger partial charge is 0.225 e. The van der Waals surface area contributed by atoms with E-state index in [-0.39, 0.29) is 13.2 Å². The lowest BCUT2D eigenvalue weighted by atomic mass is 10.1. The summed E-state index contributed by atoms with van der Waals surface area (Å²) in [6.07, 6.45) is 0.315. The molecule has 2 N–H and O–H groups in total. The summed E-state index contributed by atoms with van der Waals surface area (Å²) >= 11 is 0. The summed E-state index contributed by atoms with van der Waals surface area (Å²) in [4.78, 5) is 20.6. The highest BCUT2D eigenvalue weighted by Crippen LogP contribution is 1.96. The molecular weight excluding hydrogens is 184 g/mol. The van der Waals surface area contributed by atoms with Gasteiger partial charge < -0.3 is 10.2 Å². The fraction of sp³-hybridized carbons (Fsp3) is 0.200. The third-order valence-electron chi connectivity index (χ3n) is 1.27. The Balaban J connectivity index is 0.000000364. The van der Waals surface area contributed by atoms with Crippen molar-refractivity contribution in [3.63, 3.8) is 0 Å². The van der Waals surface area contributed by atoms with E-state index < -0.39 is 5.78 Å². The van der Waals surface area contributed by atoms with Crippen LogP contribution in [0, 0.1) is 0 Å². The molecule has 1 rings (SSSR count). The largest absolute Gasteiger partial charge is 0.394 e. The van der Waals surface area contributed by atoms with Gasteiger partial charge in [0, 0.05) is 5.56 Å². The van der Waals surface area contributed by atoms with Gasteiger partial charge in [0.25, 0.3) is 0 Å². The number of hydrogen-bond acceptors (Lipinski definition) is 4. The molecule has 0 saturated carbocycles. The maximum atomic E-state index is 10.6. The molecular formula is C10H12O4. The zero-order valence-corrected chi connectivity index (χ0v) is 7.59. The summed E-state index contributed by atoms with van der Waals surface area (Å²) in [5, 5.41) is 15.2. The van der Waals surface area contributed by atoms with Gasteiger partial charge in [-0.15, -0.1) is 0 Å². The first-order valence-corrected chi connectivity index (χ1v) is 4.02. The van der Waals surface area contributed by atoms with Crippen molar-refractivity contribution in [2.45, 2.75) is 0 Å². The van der Waals surface area contributed by atoms with Crippen LogP contribution in [0.1, 0.15) is 10.4 Å². The van der Waals surface area contributed by atoms with Crippen molar-refractivity contribution in [1.82, 2.24) is 0 Å². The van der Waals surface area contributed by atoms with Crippen LogP contribution in [-0.2, 0) is 4.79 Å². The van der Waals surface area contributed by atoms with E-state index in [1.165, 1.54) is 0 Å². The molecule has 0 bridgehead atoms. The van der Waals surface area contributed by atoms with Gasteiger partial charge in [0.2, 0.25) is 5.78 Å². The average molecular weight is 196 g/mol. The lowest BCUT2D eigenvalue weighted by Crippen LogP contribution is -1.97. The highest BCUT2D eigenvalue weighted by atomic mass is 16.3. The number of aliphatic hydroxyl groups excluding tert-OH is 2. The molecule has 0 atom stereocenters. The third kappa shape index (κ3) is 5.18. The average Bonchev–Trinajstić information content (AvgIpc) is 2.29. The fourth-order valence-electron chi connectivity index (χ4n) is 0.670. The van der Waals surface area contributed by atoms with Gasteiger partial charge >= 0.3 is 0 Å². The van der Waals surface area contributed by atoms with Crippen molar-refractivity contribution in [2.75, 3.05) is 13.2 Å². The molecule has 0 aliphatic rings. The quantitative estimate of drug-likeness (QED) is 0.406. The van der Waals surface area contributed by atoms with Crippen LogP contribution in [0.2, 0.25) is 0 Å². The molecule has 0 aliphatic carbocycles. The molecule has 0 unspecified atom stereocenters. The summed E-state index contributed by atoms with van der Waals surface area (Å²) in [7, 11) is 0. The molecule has 0 saturated heterocycles. The molecule has 4 nitrogen and oxygen atoms in total. The van der Waals surface area contributed by atoms with Gasteiger partial charge in [-0.3, -0.25) is 9.59 Å². The van der Waals surface area contributed by atoms with Gasteiger partial charge in [-0.1, -0.05) is 30.3 Å². The van der Waals surface area contributed by atoms with E-state index in [4.69, 9.17) is 10.2 Å². The van der Waals surface area contributed by atoms with Gasteiger partial charge in [0.05, 0.1) is 13.2 Å². The number of ketones is 1. The minimum Gasteiger partial charge on any atom is -0.394 e. The number of aliphatic hydroxyl groups is 2. The van der Waals surface area contributed by atoms with Crippen LogP contribution in [0.4, 0.5) is 0 Å². The Kier molecular flexibility index (Phi) is 7.22. The highest BCUT2D eigenvalue weighted by Gasteiger charge is 1.99. The molecule has 0 aliphatic heterocycles. The lowest BCUT2D eigenvalue weighted by Gasteiger charge is -1.88. The minimum absolute atomic E-state index is 0.125. The van der Waals surface area contributed by atoms with Crippen molar-refractivity contribution >= 4 is 12.1 Å². The minimum atomic E-state index is -0.472. The zero-order chi connectivity index (χ0) is 10.8. The number of carbonyl (C=O) groups is 2. The topological polar surface area (TPSA) is 74.6 Å². The van der Waals surface area contributed by atoms with Crippen LogP contribution < -0.4 is 0 Å². The summed E-state index contributed by atoms with van der Waals surface area (Å²) < 4.78 is 0. The van der Waals surface area contributed by atoms with Crippen molar-refractivity contribution < 1.29 is 19.8 Å². The van der Waals surface area contributed by atoms with Gasteiger partial charge in [0.15, 0.2) is 6.29 Å². The van der Waals surface area contributed by atoms with Crippen LogP contribution in [0.5, 0.6) is 0 Å². The summed E-state index contributed by atoms with van der Waals surface area (Å²) in [6, 6.07) is 8.45. The number of carbonyl (C=O) groups excluding carboxylic acids is 2. The predicted octanol–water partition coefficient (Wildman–Crippen LogP) is 0.0392. The van der Waals surface area contributed by atoms with Gasteiger partial charge in [0.1, 0.15) is 0 Å². The molecule has 1 aromatic carbocycles. The van der Waals surface area contributed by atoms with E-state index in [1.807, 2.05) is 0 Å². The normalized spacial score (nSPS) is 8.43. The fourth-order valence-corrected chi connectivity index (χ4v) is 0.670. The molecule has 0 aromatic heterocycles. The summed E-state index contributed by atoms with van der Waals surface area (Å²) in [5.74, 6) is -0.472. The Morgan fingerprint density at radius 3 is 2.00 bits per heavy atom. The first-order valence-electron chi connectivity index (χ1n) is 4.02. The van der Waals surface area contributed by atoms with E-state index in [0.717, 1.165) is 0 Å². The second kappa shape index (κ2) is 8.10. The monoisotopic (exact) mass is 196 g/mol. The molecule has 0 fully saturated rings. The summed E-state index contributed by atoms with van der Waals surface area (Å²) in [5.41, 5.74) is 0.442. The predicted molar refractivity (Wildman–Crippen MR) is 51.0 cm³/mol. The molecule has 0 amide bonds. The SMILES string of the molecule is O=CC(=O)c1ccccc1.OCCO. The number of aldehydes is 1. The molecule has 4 heteroatoms. The van der Waals surface area contributed by atoms with E-state index >= 15 is 0 Å². The number of Topliss-reactive ketones (excluding diaryl/α,β-unsaturated/α-hetero) is 1. The maximum Gasteiger partial charge on any atom is 0.225 e. The van der Waals surface area contributed by atoms with Gasteiger partial charge in [-0.05, 0) is 0 Å². The molecule has 0 spiro atoms. The van der Waals surface area contributed by atoms with Crippen molar-refractivity contribution in [2.24, 2.45) is 0 Å². The van der Waals surface area contributed by atoms with Crippen LogP contribution >= 0.6 is 0 Å². The van der Waals surface area contributed by atoms with Crippen LogP contribution in [0.3, 0.4) is 0 Å². The Bertz CT molecular complexity index is 267. The number of benzene rings is 1. The van der Waals surface area contributed by atoms with E-state index in [9.17, 15) is 9.59 Å². The first-order chi connectivity index (χ1) is 6.76. The first kappa shape index (κ1) is 12.5. The molecule has 0 heterocycles. The third-order valence-corrected chi connectivity index (χ3v) is 1.27. The number of hydrogen-bond donors (Lipinski definition) is 2. The zero-order valence-electron chi connectivity index (χ0n) is 7.59.